The van der Waals surface area contributed by atoms with Gasteiger partial charge in [0.2, 0.25) is 10.9 Å². The van der Waals surface area contributed by atoms with Crippen molar-refractivity contribution in [2.24, 2.45) is 0 Å². The Morgan fingerprint density at radius 2 is 2.00 bits per heavy atom. The molecule has 0 bridgehead atoms. The van der Waals surface area contributed by atoms with Crippen LogP contribution in [0.2, 0.25) is 0 Å². The molecule has 3 heterocycles. The minimum absolute atomic E-state index is 0.161. The number of amides is 1. The summed E-state index contributed by atoms with van der Waals surface area (Å²) in [6.07, 6.45) is 2.29. The summed E-state index contributed by atoms with van der Waals surface area (Å²) in [7, 11) is 0. The second-order valence-corrected chi connectivity index (χ2v) is 7.44. The number of piperidine rings is 1. The van der Waals surface area contributed by atoms with Crippen LogP contribution in [0.15, 0.2) is 30.3 Å². The minimum atomic E-state index is 0.161. The molecule has 1 aliphatic rings. The van der Waals surface area contributed by atoms with E-state index >= 15 is 0 Å². The number of para-hydroxylation sites is 1. The molecule has 0 radical (unpaired) electrons. The lowest BCUT2D eigenvalue weighted by Gasteiger charge is -2.31. The van der Waals surface area contributed by atoms with E-state index in [-0.39, 0.29) is 5.91 Å². The van der Waals surface area contributed by atoms with Crippen molar-refractivity contribution in [2.75, 3.05) is 19.7 Å². The Kier molecular flexibility index (Phi) is 4.83. The number of aryl methyl sites for hydroxylation is 1. The van der Waals surface area contributed by atoms with Crippen molar-refractivity contribution in [2.45, 2.75) is 32.1 Å². The Morgan fingerprint density at radius 1 is 1.23 bits per heavy atom. The van der Waals surface area contributed by atoms with Crippen molar-refractivity contribution in [3.63, 3.8) is 0 Å². The zero-order valence-electron chi connectivity index (χ0n) is 14.7. The molecule has 1 fully saturated rings. The molecule has 0 aliphatic carbocycles. The van der Waals surface area contributed by atoms with E-state index in [1.54, 1.807) is 15.9 Å². The standard InChI is InChI=1S/C18H21N5O2S/c1-13-19-20-18-23(13)21-17(26-18)14-7-10-22(11-8-14)16(24)9-12-25-15-5-3-2-4-6-15/h2-6,14H,7-12H2,1H3. The zero-order chi connectivity index (χ0) is 17.9. The number of benzene rings is 1. The van der Waals surface area contributed by atoms with Gasteiger partial charge in [-0.2, -0.15) is 9.61 Å². The van der Waals surface area contributed by atoms with E-state index in [4.69, 9.17) is 4.74 Å². The van der Waals surface area contributed by atoms with Gasteiger partial charge >= 0.3 is 0 Å². The number of rotatable bonds is 5. The lowest BCUT2D eigenvalue weighted by atomic mass is 9.97. The summed E-state index contributed by atoms with van der Waals surface area (Å²) in [5, 5.41) is 13.9. The smallest absolute Gasteiger partial charge is 0.234 e. The average molecular weight is 371 g/mol. The number of hydrogen-bond donors (Lipinski definition) is 0. The van der Waals surface area contributed by atoms with E-state index in [1.165, 1.54) is 0 Å². The molecule has 1 saturated heterocycles. The summed E-state index contributed by atoms with van der Waals surface area (Å²) in [6, 6.07) is 9.60. The Hall–Kier alpha value is -2.48. The van der Waals surface area contributed by atoms with Crippen LogP contribution in [0, 0.1) is 6.92 Å². The normalized spacial score (nSPS) is 15.5. The highest BCUT2D eigenvalue weighted by molar-refractivity contribution is 7.16. The Balaban J connectivity index is 1.26. The third-order valence-electron chi connectivity index (χ3n) is 4.69. The first kappa shape index (κ1) is 17.0. The number of nitrogens with zero attached hydrogens (tertiary/aromatic N) is 5. The summed E-state index contributed by atoms with van der Waals surface area (Å²) in [6.45, 7) is 3.86. The van der Waals surface area contributed by atoms with Gasteiger partial charge in [-0.1, -0.05) is 29.5 Å². The van der Waals surface area contributed by atoms with Crippen LogP contribution in [-0.2, 0) is 4.79 Å². The predicted octanol–water partition coefficient (Wildman–Crippen LogP) is 2.67. The Labute approximate surface area is 155 Å². The van der Waals surface area contributed by atoms with Crippen LogP contribution >= 0.6 is 11.3 Å². The van der Waals surface area contributed by atoms with Gasteiger partial charge in [0.15, 0.2) is 5.82 Å². The summed E-state index contributed by atoms with van der Waals surface area (Å²) in [5.41, 5.74) is 0. The van der Waals surface area contributed by atoms with Gasteiger partial charge in [0.05, 0.1) is 13.0 Å². The van der Waals surface area contributed by atoms with Crippen molar-refractivity contribution < 1.29 is 9.53 Å². The fraction of sp³-hybridized carbons (Fsp3) is 0.444. The third-order valence-corrected chi connectivity index (χ3v) is 5.75. The maximum absolute atomic E-state index is 12.4. The average Bonchev–Trinajstić information content (AvgIpc) is 3.25. The fourth-order valence-electron chi connectivity index (χ4n) is 3.20. The quantitative estimate of drug-likeness (QED) is 0.689. The van der Waals surface area contributed by atoms with Gasteiger partial charge in [0, 0.05) is 19.0 Å². The molecular weight excluding hydrogens is 350 g/mol. The number of hydrogen-bond acceptors (Lipinski definition) is 6. The second-order valence-electron chi connectivity index (χ2n) is 6.45. The Bertz CT molecular complexity index is 884. The number of aromatic nitrogens is 4. The van der Waals surface area contributed by atoms with Crippen molar-refractivity contribution in [1.82, 2.24) is 24.7 Å². The number of carbonyl (C=O) groups is 1. The summed E-state index contributed by atoms with van der Waals surface area (Å²) in [5.74, 6) is 2.17. The summed E-state index contributed by atoms with van der Waals surface area (Å²) in [4.78, 5) is 15.2. The molecule has 1 aromatic carbocycles. The lowest BCUT2D eigenvalue weighted by Crippen LogP contribution is -2.38. The molecule has 0 saturated carbocycles. The molecule has 3 aromatic rings. The first-order chi connectivity index (χ1) is 12.7. The second kappa shape index (κ2) is 7.41. The van der Waals surface area contributed by atoms with Crippen LogP contribution in [0.3, 0.4) is 0 Å². The molecule has 1 amide bonds. The number of likely N-dealkylation sites (tertiary alicyclic amines) is 1. The molecule has 26 heavy (non-hydrogen) atoms. The SMILES string of the molecule is Cc1nnc2sc(C3CCN(C(=O)CCOc4ccccc4)CC3)nn12. The van der Waals surface area contributed by atoms with Crippen LogP contribution in [-0.4, -0.2) is 50.3 Å². The molecule has 0 spiro atoms. The van der Waals surface area contributed by atoms with Gasteiger partial charge in [-0.3, -0.25) is 4.79 Å². The van der Waals surface area contributed by atoms with Gasteiger partial charge in [-0.15, -0.1) is 10.2 Å². The van der Waals surface area contributed by atoms with Crippen molar-refractivity contribution in [1.29, 1.82) is 0 Å². The lowest BCUT2D eigenvalue weighted by molar-refractivity contribution is -0.132. The summed E-state index contributed by atoms with van der Waals surface area (Å²) < 4.78 is 7.43. The van der Waals surface area contributed by atoms with Gasteiger partial charge in [-0.05, 0) is 31.9 Å². The molecule has 8 heteroatoms. The predicted molar refractivity (Wildman–Crippen MR) is 98.5 cm³/mol. The largest absolute Gasteiger partial charge is 0.493 e. The highest BCUT2D eigenvalue weighted by Gasteiger charge is 2.26. The molecule has 7 nitrogen and oxygen atoms in total. The first-order valence-corrected chi connectivity index (χ1v) is 9.67. The maximum Gasteiger partial charge on any atom is 0.234 e. The van der Waals surface area contributed by atoms with E-state index in [9.17, 15) is 4.79 Å². The third kappa shape index (κ3) is 3.55. The molecular formula is C18H21N5O2S. The van der Waals surface area contributed by atoms with Crippen LogP contribution in [0.1, 0.15) is 36.0 Å². The topological polar surface area (TPSA) is 72.6 Å². The van der Waals surface area contributed by atoms with Crippen LogP contribution in [0.4, 0.5) is 0 Å². The highest BCUT2D eigenvalue weighted by atomic mass is 32.1. The minimum Gasteiger partial charge on any atom is -0.493 e. The monoisotopic (exact) mass is 371 g/mol. The fourth-order valence-corrected chi connectivity index (χ4v) is 4.25. The maximum atomic E-state index is 12.4. The van der Waals surface area contributed by atoms with Crippen LogP contribution in [0.5, 0.6) is 5.75 Å². The van der Waals surface area contributed by atoms with Gasteiger partial charge in [0.25, 0.3) is 0 Å². The molecule has 4 rings (SSSR count). The van der Waals surface area contributed by atoms with Crippen molar-refractivity contribution in [3.05, 3.63) is 41.2 Å². The molecule has 2 aromatic heterocycles. The Morgan fingerprint density at radius 3 is 2.73 bits per heavy atom. The van der Waals surface area contributed by atoms with Crippen LogP contribution < -0.4 is 4.74 Å². The first-order valence-electron chi connectivity index (χ1n) is 8.85. The van der Waals surface area contributed by atoms with Gasteiger partial charge < -0.3 is 9.64 Å². The molecule has 0 atom stereocenters. The van der Waals surface area contributed by atoms with E-state index in [0.29, 0.717) is 18.9 Å². The molecule has 0 N–H and O–H groups in total. The zero-order valence-corrected chi connectivity index (χ0v) is 15.5. The summed E-state index contributed by atoms with van der Waals surface area (Å²) >= 11 is 1.60. The molecule has 1 aliphatic heterocycles. The van der Waals surface area contributed by atoms with Crippen molar-refractivity contribution in [3.8, 4) is 5.75 Å². The highest BCUT2D eigenvalue weighted by Crippen LogP contribution is 2.31. The number of ether oxygens (including phenoxy) is 1. The van der Waals surface area contributed by atoms with E-state index in [1.807, 2.05) is 42.2 Å². The van der Waals surface area contributed by atoms with E-state index in [0.717, 1.165) is 47.5 Å². The van der Waals surface area contributed by atoms with Gasteiger partial charge in [-0.25, -0.2) is 0 Å². The van der Waals surface area contributed by atoms with Crippen molar-refractivity contribution >= 4 is 22.2 Å². The van der Waals surface area contributed by atoms with E-state index < -0.39 is 0 Å². The van der Waals surface area contributed by atoms with Gasteiger partial charge in [0.1, 0.15) is 10.8 Å². The van der Waals surface area contributed by atoms with E-state index in [2.05, 4.69) is 15.3 Å². The number of carbonyl (C=O) groups excluding carboxylic acids is 1. The van der Waals surface area contributed by atoms with Crippen LogP contribution in [0.25, 0.3) is 4.96 Å². The molecule has 0 unspecified atom stereocenters. The molecule has 136 valence electrons. The number of fused-ring (bicyclic) bond motifs is 1.